The van der Waals surface area contributed by atoms with E-state index in [0.29, 0.717) is 21.5 Å². The minimum absolute atomic E-state index is 0. The van der Waals surface area contributed by atoms with Crippen LogP contribution in [0.15, 0.2) is 66.7 Å². The van der Waals surface area contributed by atoms with Gasteiger partial charge in [0.15, 0.2) is 0 Å². The Labute approximate surface area is 179 Å². The average Bonchev–Trinajstić information content (AvgIpc) is 2.66. The third kappa shape index (κ3) is 5.80. The third-order valence-corrected chi connectivity index (χ3v) is 4.57. The monoisotopic (exact) mass is 438 g/mol. The number of carboxylic acid groups (broad SMARTS) is 1. The van der Waals surface area contributed by atoms with Crippen LogP contribution in [-0.2, 0) is 13.2 Å². The van der Waals surface area contributed by atoms with E-state index in [2.05, 4.69) is 0 Å². The van der Waals surface area contributed by atoms with Gasteiger partial charge in [-0.2, -0.15) is 0 Å². The summed E-state index contributed by atoms with van der Waals surface area (Å²) in [5.74, 6) is -0.311. The fourth-order valence-electron chi connectivity index (χ4n) is 2.41. The van der Waals surface area contributed by atoms with Crippen LogP contribution in [0.3, 0.4) is 0 Å². The van der Waals surface area contributed by atoms with Gasteiger partial charge in [-0.15, -0.1) is 12.4 Å². The van der Waals surface area contributed by atoms with E-state index in [1.807, 2.05) is 36.4 Å². The topological polar surface area (TPSA) is 55.8 Å². The van der Waals surface area contributed by atoms with Gasteiger partial charge in [0.2, 0.25) is 0 Å². The van der Waals surface area contributed by atoms with Crippen LogP contribution >= 0.6 is 35.6 Å². The third-order valence-electron chi connectivity index (χ3n) is 3.83. The Bertz CT molecular complexity index is 892. The van der Waals surface area contributed by atoms with Gasteiger partial charge in [0.05, 0.1) is 5.56 Å². The van der Waals surface area contributed by atoms with Gasteiger partial charge >= 0.3 is 5.97 Å². The number of ether oxygens (including phenoxy) is 2. The second kappa shape index (κ2) is 10.2. The lowest BCUT2D eigenvalue weighted by Gasteiger charge is -2.12. The van der Waals surface area contributed by atoms with Crippen molar-refractivity contribution in [1.29, 1.82) is 0 Å². The molecule has 146 valence electrons. The van der Waals surface area contributed by atoms with Gasteiger partial charge in [-0.25, -0.2) is 4.79 Å². The van der Waals surface area contributed by atoms with Gasteiger partial charge in [0, 0.05) is 27.2 Å². The van der Waals surface area contributed by atoms with Gasteiger partial charge < -0.3 is 14.6 Å². The lowest BCUT2D eigenvalue weighted by molar-refractivity contribution is 0.0695. The summed E-state index contributed by atoms with van der Waals surface area (Å²) in [4.78, 5) is 11.4. The first-order valence-electron chi connectivity index (χ1n) is 8.14. The predicted molar refractivity (Wildman–Crippen MR) is 112 cm³/mol. The molecule has 0 bridgehead atoms. The zero-order valence-corrected chi connectivity index (χ0v) is 16.9. The summed E-state index contributed by atoms with van der Waals surface area (Å²) in [6.07, 6.45) is 0. The maximum atomic E-state index is 11.4. The van der Waals surface area contributed by atoms with E-state index in [9.17, 15) is 9.90 Å². The number of carboxylic acids is 1. The van der Waals surface area contributed by atoms with Gasteiger partial charge in [-0.3, -0.25) is 0 Å². The Morgan fingerprint density at radius 2 is 1.21 bits per heavy atom. The Balaban J connectivity index is 0.00000280. The maximum absolute atomic E-state index is 11.4. The van der Waals surface area contributed by atoms with Crippen LogP contribution in [0.2, 0.25) is 10.0 Å². The van der Waals surface area contributed by atoms with Crippen LogP contribution in [0.4, 0.5) is 0 Å². The summed E-state index contributed by atoms with van der Waals surface area (Å²) in [6, 6.07) is 19.1. The zero-order chi connectivity index (χ0) is 19.2. The molecule has 0 fully saturated rings. The van der Waals surface area contributed by atoms with E-state index >= 15 is 0 Å². The molecule has 1 N–H and O–H groups in total. The second-order valence-corrected chi connectivity index (χ2v) is 6.57. The van der Waals surface area contributed by atoms with Crippen molar-refractivity contribution in [1.82, 2.24) is 0 Å². The highest BCUT2D eigenvalue weighted by atomic mass is 35.5. The van der Waals surface area contributed by atoms with Gasteiger partial charge in [-0.05, 0) is 24.3 Å². The first kappa shape index (κ1) is 21.9. The van der Waals surface area contributed by atoms with Crippen molar-refractivity contribution in [2.75, 3.05) is 0 Å². The molecule has 4 nitrogen and oxygen atoms in total. The molecule has 0 amide bonds. The van der Waals surface area contributed by atoms with Crippen molar-refractivity contribution in [3.8, 4) is 11.5 Å². The Morgan fingerprint density at radius 3 is 1.61 bits per heavy atom. The summed E-state index contributed by atoms with van der Waals surface area (Å²) < 4.78 is 11.5. The molecule has 0 radical (unpaired) electrons. The molecule has 0 heterocycles. The average molecular weight is 440 g/mol. The van der Waals surface area contributed by atoms with Crippen LogP contribution in [0, 0.1) is 0 Å². The minimum Gasteiger partial charge on any atom is -0.489 e. The highest BCUT2D eigenvalue weighted by molar-refractivity contribution is 6.31. The van der Waals surface area contributed by atoms with Crippen LogP contribution < -0.4 is 9.47 Å². The van der Waals surface area contributed by atoms with E-state index < -0.39 is 5.97 Å². The highest BCUT2D eigenvalue weighted by Gasteiger charge is 2.10. The number of benzene rings is 3. The molecule has 0 atom stereocenters. The van der Waals surface area contributed by atoms with E-state index in [4.69, 9.17) is 32.7 Å². The van der Waals surface area contributed by atoms with Gasteiger partial charge in [-0.1, -0.05) is 59.6 Å². The van der Waals surface area contributed by atoms with Crippen LogP contribution in [0.5, 0.6) is 11.5 Å². The molecule has 3 aromatic carbocycles. The molecule has 0 aromatic heterocycles. The Hall–Kier alpha value is -2.40. The molecule has 3 rings (SSSR count). The molecule has 0 spiro atoms. The first-order valence-corrected chi connectivity index (χ1v) is 8.89. The molecule has 3 aromatic rings. The van der Waals surface area contributed by atoms with E-state index in [1.54, 1.807) is 18.2 Å². The van der Waals surface area contributed by atoms with Gasteiger partial charge in [0.1, 0.15) is 24.7 Å². The number of hydrogen-bond acceptors (Lipinski definition) is 3. The molecule has 0 aliphatic carbocycles. The van der Waals surface area contributed by atoms with Crippen molar-refractivity contribution >= 4 is 41.6 Å². The smallest absolute Gasteiger partial charge is 0.335 e. The first-order chi connectivity index (χ1) is 13.0. The maximum Gasteiger partial charge on any atom is 0.335 e. The number of rotatable bonds is 7. The summed E-state index contributed by atoms with van der Waals surface area (Å²) in [5.41, 5.74) is 1.68. The molecule has 0 aliphatic heterocycles. The molecular formula is C21H17Cl3O4. The molecule has 0 aliphatic rings. The Kier molecular flexibility index (Phi) is 8.00. The summed E-state index contributed by atoms with van der Waals surface area (Å²) in [6.45, 7) is 0.430. The number of hydrogen-bond donors (Lipinski definition) is 1. The Morgan fingerprint density at radius 1 is 0.786 bits per heavy atom. The van der Waals surface area contributed by atoms with Crippen LogP contribution in [0.1, 0.15) is 21.5 Å². The lowest BCUT2D eigenvalue weighted by Crippen LogP contribution is -2.02. The normalized spacial score (nSPS) is 10.1. The molecule has 0 unspecified atom stereocenters. The summed E-state index contributed by atoms with van der Waals surface area (Å²) >= 11 is 12.2. The lowest BCUT2D eigenvalue weighted by atomic mass is 10.2. The van der Waals surface area contributed by atoms with Gasteiger partial charge in [0.25, 0.3) is 0 Å². The molecule has 0 saturated heterocycles. The molecule has 28 heavy (non-hydrogen) atoms. The van der Waals surface area contributed by atoms with Crippen molar-refractivity contribution in [3.63, 3.8) is 0 Å². The van der Waals surface area contributed by atoms with E-state index in [1.165, 1.54) is 12.1 Å². The summed E-state index contributed by atoms with van der Waals surface area (Å²) in [5, 5.41) is 10.5. The second-order valence-electron chi connectivity index (χ2n) is 5.76. The van der Waals surface area contributed by atoms with Crippen LogP contribution in [-0.4, -0.2) is 11.1 Å². The van der Waals surface area contributed by atoms with Crippen molar-refractivity contribution in [2.24, 2.45) is 0 Å². The number of halogens is 3. The van der Waals surface area contributed by atoms with E-state index in [-0.39, 0.29) is 31.2 Å². The van der Waals surface area contributed by atoms with E-state index in [0.717, 1.165) is 11.1 Å². The quantitative estimate of drug-likeness (QED) is 0.471. The molecular weight excluding hydrogens is 423 g/mol. The van der Waals surface area contributed by atoms with Crippen molar-refractivity contribution in [3.05, 3.63) is 93.5 Å². The SMILES string of the molecule is Cl.O=C(O)c1cc(OCc2ccccc2Cl)cc(OCc2ccccc2Cl)c1. The fraction of sp³-hybridized carbons (Fsp3) is 0.0952. The predicted octanol–water partition coefficient (Wildman–Crippen LogP) is 6.27. The fourth-order valence-corrected chi connectivity index (χ4v) is 2.80. The van der Waals surface area contributed by atoms with Crippen molar-refractivity contribution in [2.45, 2.75) is 13.2 Å². The molecule has 7 heteroatoms. The zero-order valence-electron chi connectivity index (χ0n) is 14.6. The number of aromatic carboxylic acids is 1. The molecule has 0 saturated carbocycles. The van der Waals surface area contributed by atoms with Crippen molar-refractivity contribution < 1.29 is 19.4 Å². The highest BCUT2D eigenvalue weighted by Crippen LogP contribution is 2.26. The summed E-state index contributed by atoms with van der Waals surface area (Å²) in [7, 11) is 0. The largest absolute Gasteiger partial charge is 0.489 e. The standard InChI is InChI=1S/C21H16Cl2O4.ClH/c22-19-7-3-1-5-14(19)12-26-17-9-16(21(24)25)10-18(11-17)27-13-15-6-2-4-8-20(15)23;/h1-11H,12-13H2,(H,24,25);1H. The number of carbonyl (C=O) groups is 1. The van der Waals surface area contributed by atoms with Crippen LogP contribution in [0.25, 0.3) is 0 Å². The minimum atomic E-state index is -1.07.